The first-order valence-corrected chi connectivity index (χ1v) is 8.19. The van der Waals surface area contributed by atoms with Gasteiger partial charge < -0.3 is 10.6 Å². The number of carbonyl (C=O) groups is 1. The molecule has 1 aliphatic heterocycles. The van der Waals surface area contributed by atoms with Gasteiger partial charge in [0.1, 0.15) is 0 Å². The molecule has 0 radical (unpaired) electrons. The molecule has 2 aliphatic carbocycles. The Bertz CT molecular complexity index is 331. The maximum Gasteiger partial charge on any atom is 0.220 e. The van der Waals surface area contributed by atoms with Crippen molar-refractivity contribution in [3.63, 3.8) is 0 Å². The van der Waals surface area contributed by atoms with E-state index in [0.29, 0.717) is 17.7 Å². The Labute approximate surface area is 116 Å². The minimum atomic E-state index is 0.301. The summed E-state index contributed by atoms with van der Waals surface area (Å²) in [6, 6.07) is 0. The van der Waals surface area contributed by atoms with Gasteiger partial charge in [0.2, 0.25) is 5.91 Å². The van der Waals surface area contributed by atoms with Crippen molar-refractivity contribution < 1.29 is 4.79 Å². The van der Waals surface area contributed by atoms with Crippen LogP contribution in [0.1, 0.15) is 45.4 Å². The van der Waals surface area contributed by atoms with Crippen LogP contribution in [0.15, 0.2) is 0 Å². The number of nitrogens with one attached hydrogen (secondary N) is 2. The molecule has 2 saturated carbocycles. The molecule has 3 nitrogen and oxygen atoms in total. The van der Waals surface area contributed by atoms with Crippen molar-refractivity contribution in [2.75, 3.05) is 19.6 Å². The van der Waals surface area contributed by atoms with Crippen LogP contribution in [0.25, 0.3) is 0 Å². The van der Waals surface area contributed by atoms with E-state index in [4.69, 9.17) is 0 Å². The molecule has 5 unspecified atom stereocenters. The van der Waals surface area contributed by atoms with Crippen molar-refractivity contribution in [1.82, 2.24) is 10.6 Å². The second kappa shape index (κ2) is 5.82. The third-order valence-electron chi connectivity index (χ3n) is 5.88. The van der Waals surface area contributed by atoms with Crippen LogP contribution < -0.4 is 10.6 Å². The first-order chi connectivity index (χ1) is 9.22. The predicted molar refractivity (Wildman–Crippen MR) is 76.7 cm³/mol. The standard InChI is InChI=1S/C16H28N2O/c1-11-4-5-17-9-15(11)10-18-16(19)8-14-7-12-2-3-13(14)6-12/h11-15,17H,2-10H2,1H3,(H,18,19). The predicted octanol–water partition coefficient (Wildman–Crippen LogP) is 2.17. The number of amides is 1. The summed E-state index contributed by atoms with van der Waals surface area (Å²) in [5.74, 6) is 4.18. The van der Waals surface area contributed by atoms with Crippen molar-refractivity contribution in [3.05, 3.63) is 0 Å². The van der Waals surface area contributed by atoms with Gasteiger partial charge in [-0.05, 0) is 68.4 Å². The van der Waals surface area contributed by atoms with Gasteiger partial charge in [0.25, 0.3) is 0 Å². The molecule has 2 bridgehead atoms. The quantitative estimate of drug-likeness (QED) is 0.817. The summed E-state index contributed by atoms with van der Waals surface area (Å²) < 4.78 is 0. The molecule has 1 heterocycles. The summed E-state index contributed by atoms with van der Waals surface area (Å²) in [4.78, 5) is 12.1. The van der Waals surface area contributed by atoms with Gasteiger partial charge in [-0.3, -0.25) is 4.79 Å². The Morgan fingerprint density at radius 1 is 1.21 bits per heavy atom. The summed E-state index contributed by atoms with van der Waals surface area (Å²) >= 11 is 0. The summed E-state index contributed by atoms with van der Waals surface area (Å²) in [6.07, 6.45) is 7.56. The fourth-order valence-corrected chi connectivity index (χ4v) is 4.51. The fourth-order valence-electron chi connectivity index (χ4n) is 4.51. The van der Waals surface area contributed by atoms with E-state index < -0.39 is 0 Å². The zero-order chi connectivity index (χ0) is 13.2. The van der Waals surface area contributed by atoms with Gasteiger partial charge in [-0.25, -0.2) is 0 Å². The molecule has 2 N–H and O–H groups in total. The molecule has 0 spiro atoms. The van der Waals surface area contributed by atoms with Gasteiger partial charge in [-0.2, -0.15) is 0 Å². The Morgan fingerprint density at radius 3 is 2.79 bits per heavy atom. The van der Waals surface area contributed by atoms with Gasteiger partial charge in [0, 0.05) is 13.0 Å². The monoisotopic (exact) mass is 264 g/mol. The molecule has 0 aromatic heterocycles. The van der Waals surface area contributed by atoms with E-state index in [1.807, 2.05) is 0 Å². The molecule has 5 atom stereocenters. The summed E-state index contributed by atoms with van der Waals surface area (Å²) in [5.41, 5.74) is 0. The van der Waals surface area contributed by atoms with Crippen LogP contribution in [0.5, 0.6) is 0 Å². The van der Waals surface area contributed by atoms with Crippen LogP contribution >= 0.6 is 0 Å². The van der Waals surface area contributed by atoms with E-state index in [0.717, 1.165) is 43.8 Å². The van der Waals surface area contributed by atoms with Gasteiger partial charge >= 0.3 is 0 Å². The van der Waals surface area contributed by atoms with E-state index in [2.05, 4.69) is 17.6 Å². The summed E-state index contributed by atoms with van der Waals surface area (Å²) in [6.45, 7) is 5.38. The number of carbonyl (C=O) groups excluding carboxylic acids is 1. The Morgan fingerprint density at radius 2 is 2.11 bits per heavy atom. The smallest absolute Gasteiger partial charge is 0.220 e. The highest BCUT2D eigenvalue weighted by atomic mass is 16.1. The minimum Gasteiger partial charge on any atom is -0.356 e. The van der Waals surface area contributed by atoms with E-state index in [1.165, 1.54) is 32.1 Å². The zero-order valence-electron chi connectivity index (χ0n) is 12.2. The van der Waals surface area contributed by atoms with Crippen LogP contribution in [-0.2, 0) is 4.79 Å². The second-order valence-corrected chi connectivity index (χ2v) is 7.17. The second-order valence-electron chi connectivity index (χ2n) is 7.17. The average molecular weight is 264 g/mol. The van der Waals surface area contributed by atoms with E-state index >= 15 is 0 Å². The highest BCUT2D eigenvalue weighted by molar-refractivity contribution is 5.76. The van der Waals surface area contributed by atoms with E-state index in [1.54, 1.807) is 0 Å². The Kier molecular flexibility index (Phi) is 4.11. The van der Waals surface area contributed by atoms with Crippen LogP contribution in [0.2, 0.25) is 0 Å². The lowest BCUT2D eigenvalue weighted by molar-refractivity contribution is -0.122. The Hall–Kier alpha value is -0.570. The van der Waals surface area contributed by atoms with Crippen molar-refractivity contribution in [3.8, 4) is 0 Å². The van der Waals surface area contributed by atoms with Crippen LogP contribution in [-0.4, -0.2) is 25.5 Å². The lowest BCUT2D eigenvalue weighted by Gasteiger charge is -2.30. The van der Waals surface area contributed by atoms with Crippen molar-refractivity contribution >= 4 is 5.91 Å². The molecule has 3 rings (SSSR count). The number of hydrogen-bond acceptors (Lipinski definition) is 2. The van der Waals surface area contributed by atoms with Gasteiger partial charge in [-0.15, -0.1) is 0 Å². The molecular formula is C16H28N2O. The van der Waals surface area contributed by atoms with Gasteiger partial charge in [-0.1, -0.05) is 13.3 Å². The van der Waals surface area contributed by atoms with Crippen LogP contribution in [0.4, 0.5) is 0 Å². The number of rotatable bonds is 4. The third kappa shape index (κ3) is 3.13. The Balaban J connectivity index is 1.39. The maximum atomic E-state index is 12.1. The van der Waals surface area contributed by atoms with Gasteiger partial charge in [0.15, 0.2) is 0 Å². The number of fused-ring (bicyclic) bond motifs is 2. The van der Waals surface area contributed by atoms with Crippen LogP contribution in [0.3, 0.4) is 0 Å². The zero-order valence-corrected chi connectivity index (χ0v) is 12.2. The van der Waals surface area contributed by atoms with Crippen molar-refractivity contribution in [2.24, 2.45) is 29.6 Å². The maximum absolute atomic E-state index is 12.1. The molecule has 3 fully saturated rings. The van der Waals surface area contributed by atoms with Gasteiger partial charge in [0.05, 0.1) is 0 Å². The number of piperidine rings is 1. The molecule has 1 saturated heterocycles. The third-order valence-corrected chi connectivity index (χ3v) is 5.88. The molecule has 19 heavy (non-hydrogen) atoms. The largest absolute Gasteiger partial charge is 0.356 e. The highest BCUT2D eigenvalue weighted by Gasteiger charge is 2.40. The molecule has 3 aliphatic rings. The fraction of sp³-hybridized carbons (Fsp3) is 0.938. The topological polar surface area (TPSA) is 41.1 Å². The SMILES string of the molecule is CC1CCNCC1CNC(=O)CC1CC2CCC1C2. The molecular weight excluding hydrogens is 236 g/mol. The normalized spacial score (nSPS) is 41.4. The first kappa shape index (κ1) is 13.4. The molecule has 1 amide bonds. The molecule has 0 aromatic rings. The number of hydrogen-bond donors (Lipinski definition) is 2. The average Bonchev–Trinajstić information content (AvgIpc) is 3.00. The van der Waals surface area contributed by atoms with Crippen molar-refractivity contribution in [1.29, 1.82) is 0 Å². The molecule has 0 aromatic carbocycles. The minimum absolute atomic E-state index is 0.301. The summed E-state index contributed by atoms with van der Waals surface area (Å²) in [7, 11) is 0. The molecule has 108 valence electrons. The van der Waals surface area contributed by atoms with Crippen LogP contribution in [0, 0.1) is 29.6 Å². The highest BCUT2D eigenvalue weighted by Crippen LogP contribution is 2.49. The lowest BCUT2D eigenvalue weighted by Crippen LogP contribution is -2.42. The van der Waals surface area contributed by atoms with E-state index in [9.17, 15) is 4.79 Å². The molecule has 3 heteroatoms. The summed E-state index contributed by atoms with van der Waals surface area (Å²) in [5, 5.41) is 6.62. The first-order valence-electron chi connectivity index (χ1n) is 8.19. The van der Waals surface area contributed by atoms with Crippen molar-refractivity contribution in [2.45, 2.75) is 45.4 Å². The van der Waals surface area contributed by atoms with E-state index in [-0.39, 0.29) is 0 Å². The lowest BCUT2D eigenvalue weighted by atomic mass is 9.86.